The van der Waals surface area contributed by atoms with Crippen molar-refractivity contribution < 1.29 is 24.2 Å². The summed E-state index contributed by atoms with van der Waals surface area (Å²) >= 11 is 4.22. The van der Waals surface area contributed by atoms with Crippen LogP contribution >= 0.6 is 27.7 Å². The molecule has 0 atom stereocenters. The van der Waals surface area contributed by atoms with Crippen molar-refractivity contribution in [3.8, 4) is 5.75 Å². The Bertz CT molecular complexity index is 659. The smallest absolute Gasteiger partial charge is 0.303 e. The molecule has 1 aromatic carbocycles. The Balaban J connectivity index is 2.00. The molecule has 0 aliphatic carbocycles. The zero-order valence-electron chi connectivity index (χ0n) is 11.3. The first kappa shape index (κ1) is 16.6. The van der Waals surface area contributed by atoms with Crippen LogP contribution in [0.1, 0.15) is 18.4 Å². The third kappa shape index (κ3) is 4.60. The average Bonchev–Trinajstić information content (AvgIpc) is 2.74. The first-order chi connectivity index (χ1) is 10.5. The van der Waals surface area contributed by atoms with Crippen LogP contribution in [-0.2, 0) is 9.59 Å². The number of aliphatic carboxylic acids is 1. The maximum atomic E-state index is 11.5. The van der Waals surface area contributed by atoms with E-state index in [1.807, 2.05) is 0 Å². The van der Waals surface area contributed by atoms with Crippen LogP contribution in [0.15, 0.2) is 27.6 Å². The second kappa shape index (κ2) is 7.46. The molecule has 2 N–H and O–H groups in total. The Morgan fingerprint density at radius 3 is 2.77 bits per heavy atom. The molecule has 1 saturated heterocycles. The van der Waals surface area contributed by atoms with Crippen molar-refractivity contribution >= 4 is 50.9 Å². The first-order valence-corrected chi connectivity index (χ1v) is 7.95. The van der Waals surface area contributed by atoms with Gasteiger partial charge in [0.05, 0.1) is 16.0 Å². The Labute approximate surface area is 139 Å². The van der Waals surface area contributed by atoms with E-state index >= 15 is 0 Å². The summed E-state index contributed by atoms with van der Waals surface area (Å²) in [6, 6.07) is 5.23. The lowest BCUT2D eigenvalue weighted by molar-refractivity contribution is -0.137. The minimum absolute atomic E-state index is 0.0577. The monoisotopic (exact) mass is 385 g/mol. The predicted octanol–water partition coefficient (Wildman–Crippen LogP) is 3.02. The highest BCUT2D eigenvalue weighted by molar-refractivity contribution is 9.10. The molecule has 0 bridgehead atoms. The summed E-state index contributed by atoms with van der Waals surface area (Å²) in [5.74, 6) is -0.668. The molecular weight excluding hydrogens is 374 g/mol. The van der Waals surface area contributed by atoms with E-state index in [1.54, 1.807) is 24.3 Å². The molecule has 8 heteroatoms. The second-order valence-electron chi connectivity index (χ2n) is 4.39. The standard InChI is InChI=1S/C14H12BrNO5S/c15-9-6-8(7-11-13(19)16-14(20)22-11)3-4-10(9)21-5-1-2-12(17)18/h3-4,6-7H,1-2,5H2,(H,17,18)(H,16,19,20)/b11-7-. The van der Waals surface area contributed by atoms with E-state index in [2.05, 4.69) is 21.2 Å². The number of carbonyl (C=O) groups excluding carboxylic acids is 2. The number of carboxylic acid groups (broad SMARTS) is 1. The second-order valence-corrected chi connectivity index (χ2v) is 6.26. The summed E-state index contributed by atoms with van der Waals surface area (Å²) in [5, 5.41) is 10.4. The molecule has 1 heterocycles. The SMILES string of the molecule is O=C(O)CCCOc1ccc(/C=C2\SC(=O)NC2=O)cc1Br. The minimum Gasteiger partial charge on any atom is -0.492 e. The maximum absolute atomic E-state index is 11.5. The van der Waals surface area contributed by atoms with E-state index in [1.165, 1.54) is 0 Å². The quantitative estimate of drug-likeness (QED) is 0.577. The van der Waals surface area contributed by atoms with Gasteiger partial charge in [0.2, 0.25) is 0 Å². The predicted molar refractivity (Wildman–Crippen MR) is 85.6 cm³/mol. The van der Waals surface area contributed by atoms with Crippen molar-refractivity contribution in [2.45, 2.75) is 12.8 Å². The molecule has 22 heavy (non-hydrogen) atoms. The fraction of sp³-hybridized carbons (Fsp3) is 0.214. The molecule has 0 radical (unpaired) electrons. The Morgan fingerprint density at radius 2 is 2.18 bits per heavy atom. The number of rotatable bonds is 6. The summed E-state index contributed by atoms with van der Waals surface area (Å²) in [6.07, 6.45) is 2.10. The van der Waals surface area contributed by atoms with E-state index in [0.717, 1.165) is 17.3 Å². The number of halogens is 1. The zero-order chi connectivity index (χ0) is 16.1. The molecule has 2 rings (SSSR count). The third-order valence-electron chi connectivity index (χ3n) is 2.69. The van der Waals surface area contributed by atoms with Gasteiger partial charge in [-0.05, 0) is 57.9 Å². The molecule has 0 saturated carbocycles. The van der Waals surface area contributed by atoms with E-state index in [-0.39, 0.29) is 11.7 Å². The van der Waals surface area contributed by atoms with Crippen LogP contribution in [0.5, 0.6) is 5.75 Å². The number of carboxylic acids is 1. The highest BCUT2D eigenvalue weighted by Crippen LogP contribution is 2.30. The number of benzene rings is 1. The molecule has 1 fully saturated rings. The van der Waals surface area contributed by atoms with Crippen molar-refractivity contribution in [3.05, 3.63) is 33.1 Å². The van der Waals surface area contributed by atoms with Crippen molar-refractivity contribution in [2.24, 2.45) is 0 Å². The van der Waals surface area contributed by atoms with Gasteiger partial charge in [-0.15, -0.1) is 0 Å². The number of hydrogen-bond donors (Lipinski definition) is 2. The van der Waals surface area contributed by atoms with Crippen LogP contribution < -0.4 is 10.1 Å². The fourth-order valence-electron chi connectivity index (χ4n) is 1.70. The number of ether oxygens (including phenoxy) is 1. The van der Waals surface area contributed by atoms with Gasteiger partial charge in [0.15, 0.2) is 0 Å². The maximum Gasteiger partial charge on any atom is 0.303 e. The largest absolute Gasteiger partial charge is 0.492 e. The number of amides is 2. The Morgan fingerprint density at radius 1 is 1.41 bits per heavy atom. The lowest BCUT2D eigenvalue weighted by Crippen LogP contribution is -2.17. The number of carbonyl (C=O) groups is 3. The molecule has 6 nitrogen and oxygen atoms in total. The summed E-state index contributed by atoms with van der Waals surface area (Å²) in [4.78, 5) is 33.3. The molecular formula is C14H12BrNO5S. The van der Waals surface area contributed by atoms with E-state index in [4.69, 9.17) is 9.84 Å². The molecule has 1 aromatic rings. The molecule has 0 aromatic heterocycles. The molecule has 1 aliphatic rings. The van der Waals surface area contributed by atoms with Gasteiger partial charge in [0, 0.05) is 6.42 Å². The van der Waals surface area contributed by atoms with Gasteiger partial charge < -0.3 is 9.84 Å². The van der Waals surface area contributed by atoms with Gasteiger partial charge in [-0.2, -0.15) is 0 Å². The number of nitrogens with one attached hydrogen (secondary N) is 1. The van der Waals surface area contributed by atoms with Gasteiger partial charge in [-0.25, -0.2) is 0 Å². The molecule has 116 valence electrons. The van der Waals surface area contributed by atoms with Gasteiger partial charge in [0.25, 0.3) is 11.1 Å². The highest BCUT2D eigenvalue weighted by atomic mass is 79.9. The van der Waals surface area contributed by atoms with Gasteiger partial charge >= 0.3 is 5.97 Å². The number of hydrogen-bond acceptors (Lipinski definition) is 5. The third-order valence-corrected chi connectivity index (χ3v) is 4.12. The van der Waals surface area contributed by atoms with Crippen LogP contribution in [-0.4, -0.2) is 28.8 Å². The fourth-order valence-corrected chi connectivity index (χ4v) is 2.90. The number of imide groups is 1. The molecule has 0 spiro atoms. The van der Waals surface area contributed by atoms with E-state index in [0.29, 0.717) is 28.2 Å². The molecule has 1 aliphatic heterocycles. The highest BCUT2D eigenvalue weighted by Gasteiger charge is 2.24. The van der Waals surface area contributed by atoms with E-state index in [9.17, 15) is 14.4 Å². The van der Waals surface area contributed by atoms with Crippen LogP contribution in [0.4, 0.5) is 4.79 Å². The van der Waals surface area contributed by atoms with Crippen LogP contribution in [0.3, 0.4) is 0 Å². The summed E-state index contributed by atoms with van der Waals surface area (Å²) < 4.78 is 6.17. The van der Waals surface area contributed by atoms with Crippen molar-refractivity contribution in [1.29, 1.82) is 0 Å². The first-order valence-electron chi connectivity index (χ1n) is 6.34. The molecule has 2 amide bonds. The zero-order valence-corrected chi connectivity index (χ0v) is 13.7. The topological polar surface area (TPSA) is 92.7 Å². The Kier molecular flexibility index (Phi) is 5.62. The average molecular weight is 386 g/mol. The van der Waals surface area contributed by atoms with E-state index < -0.39 is 11.9 Å². The van der Waals surface area contributed by atoms with Gasteiger partial charge in [-0.3, -0.25) is 19.7 Å². The Hall–Kier alpha value is -1.80. The lowest BCUT2D eigenvalue weighted by atomic mass is 10.2. The molecule has 0 unspecified atom stereocenters. The number of thioether (sulfide) groups is 1. The normalized spacial score (nSPS) is 16.0. The van der Waals surface area contributed by atoms with Crippen molar-refractivity contribution in [2.75, 3.05) is 6.61 Å². The summed E-state index contributed by atoms with van der Waals surface area (Å²) in [5.41, 5.74) is 0.747. The van der Waals surface area contributed by atoms with Gasteiger partial charge in [0.1, 0.15) is 5.75 Å². The van der Waals surface area contributed by atoms with Crippen molar-refractivity contribution in [3.63, 3.8) is 0 Å². The van der Waals surface area contributed by atoms with Crippen LogP contribution in [0.2, 0.25) is 0 Å². The van der Waals surface area contributed by atoms with Gasteiger partial charge in [-0.1, -0.05) is 6.07 Å². The summed E-state index contributed by atoms with van der Waals surface area (Å²) in [7, 11) is 0. The van der Waals surface area contributed by atoms with Crippen LogP contribution in [0.25, 0.3) is 6.08 Å². The summed E-state index contributed by atoms with van der Waals surface area (Å²) in [6.45, 7) is 0.304. The van der Waals surface area contributed by atoms with Crippen LogP contribution in [0, 0.1) is 0 Å². The van der Waals surface area contributed by atoms with Crippen molar-refractivity contribution in [1.82, 2.24) is 5.32 Å². The lowest BCUT2D eigenvalue weighted by Gasteiger charge is -2.08. The minimum atomic E-state index is -0.855.